The quantitative estimate of drug-likeness (QED) is 0.0320. The number of ether oxygens (including phenoxy) is 4. The predicted octanol–water partition coefficient (Wildman–Crippen LogP) is 20.8. The standard InChI is InChI=1S/C27H33N3O2.C25H31N3O3.C21H20FN3O2.C21H22FN3O.C20H20FN3O2/c1-3-4-7-23-19-30(29-28-23)24-13-11-21(12-14-24)16-25(31)17-22-18-27(15-10-20(22)2)32-26-8-5-6-9-26;1-18(2)5-9-22-16-28(27-26-22)23-10-7-20(8-11-23)13-24(29)14-21-15-25(31-17-30-4)12-6-19(21)3;1-15(26)5-8-19-14-25(24-23-19)20-9-6-16(7-10-20)12-21(27)13-17-3-2-4-18(22)11-17;1-2-3-7-18-15-25(24-23-18)19-11-9-16(10-12-19)13-20(26)14-17-6-4-5-8-21(17)22;1-2-26-14-18-13-24(23-22-18)19-8-6-15(7-9-19)11-20(25)12-16-4-3-5-17(21)10-16/h10-15,18-19,26H,3-9,16-17H2,1-2H3;6-8,10-12,15-16,18H,5,9,13-14,17H2,1-4H3;2-4,6-7,9-11,14H,5,8,12-13H2,1H3;4-6,8-12,15H,2-3,7,13-14H2,1H3;3-10,13H,2,11-12,14H2,1H3. The Balaban J connectivity index is 0.000000159. The fourth-order valence-electron chi connectivity index (χ4n) is 15.8. The van der Waals surface area contributed by atoms with Gasteiger partial charge in [0.05, 0.1) is 94.9 Å². The molecule has 5 heterocycles. The number of methoxy groups -OCH3 is 1. The van der Waals surface area contributed by atoms with Crippen molar-refractivity contribution in [2.24, 2.45) is 5.92 Å². The van der Waals surface area contributed by atoms with Crippen molar-refractivity contribution in [3.05, 3.63) is 374 Å². The van der Waals surface area contributed by atoms with E-state index in [0.29, 0.717) is 92.6 Å². The van der Waals surface area contributed by atoms with Crippen LogP contribution >= 0.6 is 0 Å². The third-order valence-electron chi connectivity index (χ3n) is 23.7. The molecule has 0 bridgehead atoms. The first-order valence-electron chi connectivity index (χ1n) is 48.7. The van der Waals surface area contributed by atoms with Crippen molar-refractivity contribution < 1.29 is 60.9 Å². The van der Waals surface area contributed by atoms with Crippen molar-refractivity contribution in [2.45, 2.75) is 222 Å². The second-order valence-corrected chi connectivity index (χ2v) is 36.1. The molecule has 0 amide bonds. The number of halogens is 3. The molecule has 1 fully saturated rings. The van der Waals surface area contributed by atoms with Crippen molar-refractivity contribution in [2.75, 3.05) is 20.5 Å². The summed E-state index contributed by atoms with van der Waals surface area (Å²) in [5.74, 6) is 1.81. The molecule has 1 aliphatic rings. The molecule has 28 heteroatoms. The molecule has 10 aromatic carbocycles. The predicted molar refractivity (Wildman–Crippen MR) is 541 cm³/mol. The minimum absolute atomic E-state index is 0.00884. The number of carbonyl (C=O) groups excluding carboxylic acids is 6. The summed E-state index contributed by atoms with van der Waals surface area (Å²) in [5.41, 5.74) is 19.8. The Morgan fingerprint density at radius 1 is 0.380 bits per heavy atom. The molecule has 0 atom stereocenters. The van der Waals surface area contributed by atoms with Crippen LogP contribution in [0.15, 0.2) is 262 Å². The number of unbranched alkanes of at least 4 members (excludes halogenated alkanes) is 2. The third-order valence-corrected chi connectivity index (χ3v) is 23.7. The second kappa shape index (κ2) is 55.3. The van der Waals surface area contributed by atoms with Crippen LogP contribution in [0.4, 0.5) is 13.2 Å². The Kier molecular flexibility index (Phi) is 41.3. The monoisotopic (exact) mass is 1920 g/mol. The van der Waals surface area contributed by atoms with E-state index < -0.39 is 0 Å². The maximum absolute atomic E-state index is 13.6. The molecule has 25 nitrogen and oxygen atoms in total. The van der Waals surface area contributed by atoms with Crippen LogP contribution in [0.5, 0.6) is 11.5 Å². The summed E-state index contributed by atoms with van der Waals surface area (Å²) >= 11 is 0. The second-order valence-electron chi connectivity index (χ2n) is 36.1. The van der Waals surface area contributed by atoms with E-state index in [1.54, 1.807) is 86.1 Å². The Bertz CT molecular complexity index is 6540. The molecule has 15 aromatic rings. The Hall–Kier alpha value is -14.8. The van der Waals surface area contributed by atoms with Crippen LogP contribution in [-0.4, -0.2) is 136 Å². The van der Waals surface area contributed by atoms with E-state index in [4.69, 9.17) is 18.9 Å². The van der Waals surface area contributed by atoms with Crippen molar-refractivity contribution >= 4 is 34.7 Å². The van der Waals surface area contributed by atoms with Crippen LogP contribution in [0.1, 0.15) is 201 Å². The van der Waals surface area contributed by atoms with Gasteiger partial charge < -0.3 is 23.7 Å². The van der Waals surface area contributed by atoms with Gasteiger partial charge in [0.2, 0.25) is 0 Å². The number of hydrogen-bond donors (Lipinski definition) is 0. The molecule has 142 heavy (non-hydrogen) atoms. The molecular formula is C114H126F3N15O10. The minimum atomic E-state index is -0.333. The lowest BCUT2D eigenvalue weighted by Crippen LogP contribution is -2.12. The van der Waals surface area contributed by atoms with Crippen molar-refractivity contribution in [3.63, 3.8) is 0 Å². The van der Waals surface area contributed by atoms with E-state index in [0.717, 1.165) is 177 Å². The minimum Gasteiger partial charge on any atom is -0.490 e. The van der Waals surface area contributed by atoms with Crippen LogP contribution in [0.3, 0.4) is 0 Å². The smallest absolute Gasteiger partial charge is 0.188 e. The summed E-state index contributed by atoms with van der Waals surface area (Å²) in [4.78, 5) is 73.1. The highest BCUT2D eigenvalue weighted by molar-refractivity contribution is 5.86. The van der Waals surface area contributed by atoms with Crippen LogP contribution in [0.25, 0.3) is 28.4 Å². The first-order valence-corrected chi connectivity index (χ1v) is 48.7. The van der Waals surface area contributed by atoms with Gasteiger partial charge in [-0.1, -0.05) is 182 Å². The molecule has 1 saturated carbocycles. The molecule has 0 saturated heterocycles. The van der Waals surface area contributed by atoms with E-state index in [2.05, 4.69) is 98.3 Å². The average molecular weight is 1920 g/mol. The summed E-state index contributed by atoms with van der Waals surface area (Å²) in [6, 6.07) is 69.2. The number of nitrogens with zero attached hydrogens (tertiary/aromatic N) is 15. The highest BCUT2D eigenvalue weighted by Crippen LogP contribution is 2.28. The fraction of sp³-hybridized carbons (Fsp3) is 0.333. The lowest BCUT2D eigenvalue weighted by Gasteiger charge is -2.15. The molecule has 0 unspecified atom stereocenters. The van der Waals surface area contributed by atoms with Crippen LogP contribution in [0, 0.1) is 37.2 Å². The van der Waals surface area contributed by atoms with E-state index >= 15 is 0 Å². The van der Waals surface area contributed by atoms with Gasteiger partial charge in [0.15, 0.2) is 6.79 Å². The van der Waals surface area contributed by atoms with E-state index in [9.17, 15) is 41.9 Å². The lowest BCUT2D eigenvalue weighted by molar-refractivity contribution is -0.118. The largest absolute Gasteiger partial charge is 0.490 e. The van der Waals surface area contributed by atoms with E-state index in [1.807, 2.05) is 184 Å². The molecule has 1 aliphatic carbocycles. The van der Waals surface area contributed by atoms with Crippen molar-refractivity contribution in [1.29, 1.82) is 0 Å². The Morgan fingerprint density at radius 2 is 0.732 bits per heavy atom. The zero-order chi connectivity index (χ0) is 100. The van der Waals surface area contributed by atoms with Gasteiger partial charge in [-0.2, -0.15) is 0 Å². The topological polar surface area (TPSA) is 293 Å². The van der Waals surface area contributed by atoms with Gasteiger partial charge >= 0.3 is 0 Å². The van der Waals surface area contributed by atoms with Gasteiger partial charge in [-0.05, 0) is 286 Å². The molecule has 0 spiro atoms. The van der Waals surface area contributed by atoms with Gasteiger partial charge in [-0.3, -0.25) is 24.0 Å². The molecule has 16 rings (SSSR count). The number of ketones is 6. The number of Topliss-reactive ketones (excluding diaryl/α,β-unsaturated/α-hetero) is 6. The maximum Gasteiger partial charge on any atom is 0.188 e. The van der Waals surface area contributed by atoms with Gasteiger partial charge in [-0.15, -0.1) is 25.5 Å². The summed E-state index contributed by atoms with van der Waals surface area (Å²) in [7, 11) is 1.58. The van der Waals surface area contributed by atoms with E-state index in [-0.39, 0.29) is 91.0 Å². The molecule has 0 N–H and O–H groups in total. The van der Waals surface area contributed by atoms with Crippen LogP contribution in [-0.2, 0) is 135 Å². The molecule has 738 valence electrons. The Labute approximate surface area is 828 Å². The van der Waals surface area contributed by atoms with Crippen molar-refractivity contribution in [3.8, 4) is 39.9 Å². The number of carbonyl (C=O) groups is 6. The SMILES string of the molecule is CC(=O)CCc1cn(-c2ccc(CC(=O)Cc3cccc(F)c3)cc2)nn1.CCCCc1cn(-c2ccc(CC(=O)Cc3cc(OC4CCCC4)ccc3C)cc2)nn1.CCCCc1cn(-c2ccc(CC(=O)Cc3ccccc3F)cc2)nn1.CCOCc1cn(-c2ccc(CC(=O)Cc3cccc(F)c3)cc2)nn1.COCOc1ccc(C)c(CC(=O)Cc2ccc(-n3cc(CCC(C)C)nn3)cc2)c1. The molecule has 0 aliphatic heterocycles. The molecular weight excluding hydrogens is 1800 g/mol. The number of benzene rings is 10. The van der Waals surface area contributed by atoms with Crippen LogP contribution in [0.2, 0.25) is 0 Å². The summed E-state index contributed by atoms with van der Waals surface area (Å²) in [5, 5.41) is 41.6. The summed E-state index contributed by atoms with van der Waals surface area (Å²) in [6.45, 7) is 17.5. The van der Waals surface area contributed by atoms with Crippen molar-refractivity contribution in [1.82, 2.24) is 75.0 Å². The number of rotatable bonds is 45. The number of hydrogen-bond acceptors (Lipinski definition) is 20. The first-order chi connectivity index (χ1) is 68.8. The van der Waals surface area contributed by atoms with Gasteiger partial charge in [0, 0.05) is 84.3 Å². The van der Waals surface area contributed by atoms with Gasteiger partial charge in [-0.25, -0.2) is 36.6 Å². The molecule has 5 aromatic heterocycles. The highest BCUT2D eigenvalue weighted by atomic mass is 19.1. The van der Waals surface area contributed by atoms with E-state index in [1.165, 1.54) is 43.2 Å². The van der Waals surface area contributed by atoms with Crippen LogP contribution < -0.4 is 9.47 Å². The Morgan fingerprint density at radius 3 is 1.11 bits per heavy atom. The normalized spacial score (nSPS) is 11.6. The summed E-state index contributed by atoms with van der Waals surface area (Å²) in [6.07, 6.45) is 27.1. The first kappa shape index (κ1) is 106. The third kappa shape index (κ3) is 35.2. The van der Waals surface area contributed by atoms with Gasteiger partial charge in [0.1, 0.15) is 69.3 Å². The zero-order valence-electron chi connectivity index (χ0n) is 82.5. The number of aryl methyl sites for hydroxylation is 6. The zero-order valence-corrected chi connectivity index (χ0v) is 82.5. The number of aromatic nitrogens is 15. The maximum atomic E-state index is 13.6. The lowest BCUT2D eigenvalue weighted by atomic mass is 9.99. The highest BCUT2D eigenvalue weighted by Gasteiger charge is 2.21. The average Bonchev–Trinajstić information content (AvgIpc) is 1.61. The molecule has 0 radical (unpaired) electrons. The van der Waals surface area contributed by atoms with Gasteiger partial charge in [0.25, 0.3) is 0 Å². The summed E-state index contributed by atoms with van der Waals surface area (Å²) < 4.78 is 70.5. The fourth-order valence-corrected chi connectivity index (χ4v) is 15.8.